The van der Waals surface area contributed by atoms with E-state index in [-0.39, 0.29) is 17.0 Å². The molecule has 7 heteroatoms. The van der Waals surface area contributed by atoms with Crippen molar-refractivity contribution in [3.63, 3.8) is 0 Å². The summed E-state index contributed by atoms with van der Waals surface area (Å²) in [4.78, 5) is 0. The first kappa shape index (κ1) is 13.7. The molecule has 0 unspecified atom stereocenters. The van der Waals surface area contributed by atoms with Gasteiger partial charge in [0.2, 0.25) is 0 Å². The Labute approximate surface area is 103 Å². The van der Waals surface area contributed by atoms with Crippen molar-refractivity contribution in [1.29, 1.82) is 0 Å². The smallest absolute Gasteiger partial charge is 1.00 e. The van der Waals surface area contributed by atoms with Crippen molar-refractivity contribution in [2.24, 2.45) is 0 Å². The fraction of sp³-hybridized carbons (Fsp3) is 0. The Hall–Kier alpha value is 0.666. The second-order valence-corrected chi connectivity index (χ2v) is 3.55. The molecule has 0 amide bonds. The van der Waals surface area contributed by atoms with E-state index in [1.165, 1.54) is 0 Å². The molecule has 0 bridgehead atoms. The van der Waals surface area contributed by atoms with Crippen molar-refractivity contribution in [2.45, 2.75) is 0 Å². The van der Waals surface area contributed by atoms with Crippen LogP contribution in [0.5, 0.6) is 0 Å². The van der Waals surface area contributed by atoms with E-state index < -0.39 is 31.4 Å². The molecule has 0 spiro atoms. The van der Waals surface area contributed by atoms with E-state index in [4.69, 9.17) is 0 Å². The van der Waals surface area contributed by atoms with Gasteiger partial charge in [0.1, 0.15) is 0 Å². The minimum Gasteiger partial charge on any atom is -1.00 e. The zero-order chi connectivity index (χ0) is 9.46. The quantitative estimate of drug-likeness (QED) is 0.242. The van der Waals surface area contributed by atoms with Gasteiger partial charge in [0.15, 0.2) is 0 Å². The fourth-order valence-electron chi connectivity index (χ4n) is 0.650. The van der Waals surface area contributed by atoms with Crippen molar-refractivity contribution in [3.8, 4) is 0 Å². The molecule has 1 aromatic carbocycles. The molecule has 0 radical (unpaired) electrons. The molecule has 13 heavy (non-hydrogen) atoms. The van der Waals surface area contributed by atoms with Crippen molar-refractivity contribution < 1.29 is 34.5 Å². The van der Waals surface area contributed by atoms with Crippen LogP contribution in [0.4, 0.5) is 17.6 Å². The van der Waals surface area contributed by atoms with E-state index in [1.807, 2.05) is 0 Å². The Bertz CT molecular complexity index is 237. The molecule has 0 nitrogen and oxygen atoms in total. The summed E-state index contributed by atoms with van der Waals surface area (Å²) in [6.45, 7) is 0. The standard InChI is InChI=1S/C6BrF4.BrH.Mg/c7-4-5(10)2(8)1-3(9)6(4)11;;/h;1H;/q;;+1/p-1. The minimum atomic E-state index is -1.40. The van der Waals surface area contributed by atoms with Crippen LogP contribution in [0.15, 0.2) is 4.47 Å². The molecule has 1 rings (SSSR count). The van der Waals surface area contributed by atoms with Gasteiger partial charge in [-0.15, -0.1) is 0 Å². The molecular formula is C6Br2F4Mg. The molecule has 0 aliphatic carbocycles. The monoisotopic (exact) mass is 330 g/mol. The molecule has 0 saturated heterocycles. The van der Waals surface area contributed by atoms with Crippen LogP contribution in [0.2, 0.25) is 0 Å². The summed E-state index contributed by atoms with van der Waals surface area (Å²) in [6.07, 6.45) is 0. The van der Waals surface area contributed by atoms with E-state index in [0.29, 0.717) is 0 Å². The topological polar surface area (TPSA) is 0 Å². The van der Waals surface area contributed by atoms with Crippen molar-refractivity contribution in [3.05, 3.63) is 27.7 Å². The average Bonchev–Trinajstić information content (AvgIpc) is 2.08. The summed E-state index contributed by atoms with van der Waals surface area (Å²) in [5, 5.41) is 0. The van der Waals surface area contributed by atoms with E-state index in [0.717, 1.165) is 21.7 Å². The molecule has 1 aromatic rings. The van der Waals surface area contributed by atoms with Gasteiger partial charge in [-0.05, 0) is 0 Å². The summed E-state index contributed by atoms with van der Waals surface area (Å²) >= 11 is 3.14. The van der Waals surface area contributed by atoms with Crippen LogP contribution in [0.3, 0.4) is 0 Å². The molecule has 0 fully saturated rings. The molecular weight excluding hydrogens is 332 g/mol. The van der Waals surface area contributed by atoms with E-state index >= 15 is 0 Å². The maximum Gasteiger partial charge on any atom is -1.00 e. The second-order valence-electron chi connectivity index (χ2n) is 2.05. The third-order valence-corrected chi connectivity index (χ3v) is 2.62. The van der Waals surface area contributed by atoms with Crippen LogP contribution < -0.4 is 20.7 Å². The normalized spacial score (nSPS) is 9.77. The summed E-state index contributed by atoms with van der Waals surface area (Å²) < 4.78 is 49.0. The maximum atomic E-state index is 12.6. The molecule has 68 valence electrons. The first-order valence-electron chi connectivity index (χ1n) is 2.80. The van der Waals surface area contributed by atoms with Gasteiger partial charge in [0.05, 0.1) is 0 Å². The zero-order valence-corrected chi connectivity index (χ0v) is 10.6. The van der Waals surface area contributed by atoms with E-state index in [9.17, 15) is 17.6 Å². The van der Waals surface area contributed by atoms with Crippen LogP contribution >= 0.6 is 15.9 Å². The Kier molecular flexibility index (Phi) is 5.20. The number of hydrogen-bond acceptors (Lipinski definition) is 0. The van der Waals surface area contributed by atoms with Crippen molar-refractivity contribution in [2.75, 3.05) is 0 Å². The van der Waals surface area contributed by atoms with E-state index in [1.54, 1.807) is 0 Å². The largest absolute Gasteiger partial charge is 1.00 e. The van der Waals surface area contributed by atoms with Crippen LogP contribution in [0.1, 0.15) is 0 Å². The van der Waals surface area contributed by atoms with Gasteiger partial charge in [0, 0.05) is 0 Å². The first-order chi connectivity index (χ1) is 5.46. The average molecular weight is 332 g/mol. The summed E-state index contributed by atoms with van der Waals surface area (Å²) in [5.41, 5.74) is 0. The van der Waals surface area contributed by atoms with Crippen molar-refractivity contribution >= 4 is 41.3 Å². The van der Waals surface area contributed by atoms with E-state index in [2.05, 4.69) is 15.9 Å². The van der Waals surface area contributed by atoms with Gasteiger partial charge in [0.25, 0.3) is 0 Å². The molecule has 0 aliphatic rings. The fourth-order valence-corrected chi connectivity index (χ4v) is 1.31. The summed E-state index contributed by atoms with van der Waals surface area (Å²) in [5.74, 6) is -5.53. The molecule has 0 N–H and O–H groups in total. The Morgan fingerprint density at radius 1 is 0.846 bits per heavy atom. The molecule has 0 aromatic heterocycles. The third-order valence-electron chi connectivity index (χ3n) is 1.30. The van der Waals surface area contributed by atoms with Gasteiger partial charge in [-0.3, -0.25) is 0 Å². The second kappa shape index (κ2) is 4.95. The third kappa shape index (κ3) is 2.37. The van der Waals surface area contributed by atoms with Gasteiger partial charge in [-0.1, -0.05) is 0 Å². The van der Waals surface area contributed by atoms with Gasteiger partial charge < -0.3 is 17.0 Å². The maximum absolute atomic E-state index is 12.6. The molecule has 0 heterocycles. The molecule has 0 atom stereocenters. The van der Waals surface area contributed by atoms with Crippen LogP contribution in [-0.2, 0) is 0 Å². The Morgan fingerprint density at radius 2 is 1.15 bits per heavy atom. The summed E-state index contributed by atoms with van der Waals surface area (Å²) in [6, 6.07) is 0. The van der Waals surface area contributed by atoms with Crippen LogP contribution in [0, 0.1) is 23.3 Å². The number of rotatable bonds is 0. The predicted molar refractivity (Wildman–Crippen MR) is 39.4 cm³/mol. The SMILES string of the molecule is Fc1c(F)c(Br)c(F)c(F)[c]1[Mg+].[Br-]. The number of benzene rings is 1. The number of halogens is 6. The molecule has 0 aliphatic heterocycles. The zero-order valence-electron chi connectivity index (χ0n) is 5.97. The van der Waals surface area contributed by atoms with Crippen molar-refractivity contribution in [1.82, 2.24) is 0 Å². The van der Waals surface area contributed by atoms with Gasteiger partial charge in [-0.2, -0.15) is 0 Å². The Balaban J connectivity index is 0.00000144. The minimum absolute atomic E-state index is 0. The number of hydrogen-bond donors (Lipinski definition) is 0. The van der Waals surface area contributed by atoms with Gasteiger partial charge in [-0.25, -0.2) is 0 Å². The van der Waals surface area contributed by atoms with Crippen LogP contribution in [-0.4, -0.2) is 21.7 Å². The first-order valence-corrected chi connectivity index (χ1v) is 4.30. The predicted octanol–water partition coefficient (Wildman–Crippen LogP) is -1.20. The van der Waals surface area contributed by atoms with Crippen LogP contribution in [0.25, 0.3) is 0 Å². The van der Waals surface area contributed by atoms with Gasteiger partial charge >= 0.3 is 86.6 Å². The Morgan fingerprint density at radius 3 is 1.46 bits per heavy atom. The summed E-state index contributed by atoms with van der Waals surface area (Å²) in [7, 11) is 0. The molecule has 0 saturated carbocycles.